The van der Waals surface area contributed by atoms with E-state index in [1.54, 1.807) is 0 Å². The molecule has 0 saturated heterocycles. The Bertz CT molecular complexity index is 2300. The fourth-order valence-electron chi connectivity index (χ4n) is 7.36. The number of allylic oxidation sites excluding steroid dienone is 4. The Morgan fingerprint density at radius 1 is 0.404 bits per heavy atom. The summed E-state index contributed by atoms with van der Waals surface area (Å²) in [6.45, 7) is 4.48. The molecule has 0 amide bonds. The highest BCUT2D eigenvalue weighted by Crippen LogP contribution is 2.41. The van der Waals surface area contributed by atoms with Crippen molar-refractivity contribution in [2.75, 3.05) is 9.80 Å². The maximum atomic E-state index is 2.39. The summed E-state index contributed by atoms with van der Waals surface area (Å²) in [5.74, 6) is 0. The summed E-state index contributed by atoms with van der Waals surface area (Å²) < 4.78 is 0. The predicted octanol–water partition coefficient (Wildman–Crippen LogP) is 14.1. The zero-order valence-corrected chi connectivity index (χ0v) is 29.8. The third-order valence-electron chi connectivity index (χ3n) is 10.1. The molecular formula is C50H42N2. The lowest BCUT2D eigenvalue weighted by molar-refractivity contribution is 0.918. The average Bonchev–Trinajstić information content (AvgIpc) is 3.21. The molecule has 0 aliphatic heterocycles. The van der Waals surface area contributed by atoms with E-state index < -0.39 is 0 Å². The van der Waals surface area contributed by atoms with Crippen molar-refractivity contribution in [2.45, 2.75) is 26.7 Å². The molecule has 8 rings (SSSR count). The van der Waals surface area contributed by atoms with Gasteiger partial charge in [-0.15, -0.1) is 0 Å². The standard InChI is InChI=1S/C50H42N2/c1-37-17-15-16-26-48(37)50-36-41(39-27-31-46(32-28-39)51(42-18-7-3-8-19-42)43-20-9-4-10-21-43)35-49(38(50)2)40-29-33-47(34-30-40)52(44-22-11-5-12-23-44)45-24-13-6-14-25-45/h3-13,15-24,26-36H,14,25H2,1-2H3. The van der Waals surface area contributed by atoms with E-state index in [1.807, 2.05) is 0 Å². The van der Waals surface area contributed by atoms with Crippen molar-refractivity contribution in [3.63, 3.8) is 0 Å². The van der Waals surface area contributed by atoms with Crippen LogP contribution in [0.4, 0.5) is 28.4 Å². The van der Waals surface area contributed by atoms with Crippen LogP contribution in [0.15, 0.2) is 200 Å². The van der Waals surface area contributed by atoms with Crippen LogP contribution in [0.3, 0.4) is 0 Å². The van der Waals surface area contributed by atoms with Gasteiger partial charge in [0.2, 0.25) is 0 Å². The SMILES string of the molecule is Cc1ccccc1-c1cc(-c2ccc(N(c3ccccc3)c3ccccc3)cc2)cc(-c2ccc(N(C3=CC=CCC3)c3ccccc3)cc2)c1C. The van der Waals surface area contributed by atoms with Crippen LogP contribution in [-0.2, 0) is 0 Å². The fraction of sp³-hybridized carbons (Fsp3) is 0.0800. The van der Waals surface area contributed by atoms with Crippen molar-refractivity contribution in [2.24, 2.45) is 0 Å². The van der Waals surface area contributed by atoms with Crippen molar-refractivity contribution in [1.82, 2.24) is 0 Å². The predicted molar refractivity (Wildman–Crippen MR) is 222 cm³/mol. The maximum Gasteiger partial charge on any atom is 0.0462 e. The van der Waals surface area contributed by atoms with Gasteiger partial charge in [-0.25, -0.2) is 0 Å². The van der Waals surface area contributed by atoms with E-state index >= 15 is 0 Å². The van der Waals surface area contributed by atoms with Gasteiger partial charge in [0.05, 0.1) is 0 Å². The normalized spacial score (nSPS) is 12.3. The summed E-state index contributed by atoms with van der Waals surface area (Å²) in [7, 11) is 0. The van der Waals surface area contributed by atoms with E-state index in [0.717, 1.165) is 29.9 Å². The topological polar surface area (TPSA) is 6.48 Å². The van der Waals surface area contributed by atoms with Gasteiger partial charge in [-0.2, -0.15) is 0 Å². The van der Waals surface area contributed by atoms with E-state index in [-0.39, 0.29) is 0 Å². The van der Waals surface area contributed by atoms with Gasteiger partial charge < -0.3 is 9.80 Å². The van der Waals surface area contributed by atoms with E-state index in [9.17, 15) is 0 Å². The molecule has 0 fully saturated rings. The number of aryl methyl sites for hydroxylation is 1. The molecule has 0 unspecified atom stereocenters. The van der Waals surface area contributed by atoms with Gasteiger partial charge in [0.1, 0.15) is 0 Å². The van der Waals surface area contributed by atoms with Crippen molar-refractivity contribution < 1.29 is 0 Å². The van der Waals surface area contributed by atoms with Crippen LogP contribution in [0.25, 0.3) is 33.4 Å². The Hall–Kier alpha value is -6.38. The summed E-state index contributed by atoms with van der Waals surface area (Å²) in [6, 6.07) is 63.5. The molecule has 252 valence electrons. The first-order chi connectivity index (χ1) is 25.6. The molecule has 1 aliphatic rings. The van der Waals surface area contributed by atoms with Crippen LogP contribution in [-0.4, -0.2) is 0 Å². The van der Waals surface area contributed by atoms with Crippen LogP contribution < -0.4 is 9.80 Å². The molecule has 0 atom stereocenters. The second-order valence-corrected chi connectivity index (χ2v) is 13.4. The van der Waals surface area contributed by atoms with E-state index in [1.165, 1.54) is 61.6 Å². The van der Waals surface area contributed by atoms with Crippen molar-refractivity contribution in [3.8, 4) is 33.4 Å². The number of hydrogen-bond donors (Lipinski definition) is 0. The van der Waals surface area contributed by atoms with Crippen molar-refractivity contribution in [3.05, 3.63) is 211 Å². The molecule has 1 aliphatic carbocycles. The molecular weight excluding hydrogens is 629 g/mol. The number of para-hydroxylation sites is 3. The number of benzene rings is 7. The molecule has 0 N–H and O–H groups in total. The molecule has 0 radical (unpaired) electrons. The lowest BCUT2D eigenvalue weighted by atomic mass is 9.87. The number of hydrogen-bond acceptors (Lipinski definition) is 2. The van der Waals surface area contributed by atoms with Crippen molar-refractivity contribution in [1.29, 1.82) is 0 Å². The summed E-state index contributed by atoms with van der Waals surface area (Å²) >= 11 is 0. The molecule has 52 heavy (non-hydrogen) atoms. The van der Waals surface area contributed by atoms with Gasteiger partial charge in [-0.3, -0.25) is 0 Å². The Morgan fingerprint density at radius 3 is 1.44 bits per heavy atom. The second kappa shape index (κ2) is 14.8. The van der Waals surface area contributed by atoms with Gasteiger partial charge in [-0.05, 0) is 150 Å². The van der Waals surface area contributed by atoms with E-state index in [0.29, 0.717) is 0 Å². The smallest absolute Gasteiger partial charge is 0.0462 e. The first kappa shape index (κ1) is 32.8. The molecule has 7 aromatic rings. The minimum atomic E-state index is 1.02. The van der Waals surface area contributed by atoms with Gasteiger partial charge in [-0.1, -0.05) is 115 Å². The minimum Gasteiger partial charge on any atom is -0.314 e. The zero-order chi connectivity index (χ0) is 35.3. The third-order valence-corrected chi connectivity index (χ3v) is 10.1. The molecule has 2 nitrogen and oxygen atoms in total. The summed E-state index contributed by atoms with van der Waals surface area (Å²) in [6.07, 6.45) is 8.74. The van der Waals surface area contributed by atoms with Gasteiger partial charge in [0.15, 0.2) is 0 Å². The zero-order valence-electron chi connectivity index (χ0n) is 29.8. The number of nitrogens with zero attached hydrogens (tertiary/aromatic N) is 2. The monoisotopic (exact) mass is 670 g/mol. The van der Waals surface area contributed by atoms with E-state index in [4.69, 9.17) is 0 Å². The molecule has 0 heterocycles. The van der Waals surface area contributed by atoms with Crippen LogP contribution in [0.5, 0.6) is 0 Å². The third kappa shape index (κ3) is 6.72. The summed E-state index contributed by atoms with van der Waals surface area (Å²) in [5, 5.41) is 0. The first-order valence-electron chi connectivity index (χ1n) is 18.2. The summed E-state index contributed by atoms with van der Waals surface area (Å²) in [5.41, 5.74) is 17.0. The molecule has 7 aromatic carbocycles. The Morgan fingerprint density at radius 2 is 0.885 bits per heavy atom. The number of anilines is 5. The quantitative estimate of drug-likeness (QED) is 0.151. The Kier molecular flexibility index (Phi) is 9.37. The van der Waals surface area contributed by atoms with Gasteiger partial charge in [0.25, 0.3) is 0 Å². The van der Waals surface area contributed by atoms with Crippen molar-refractivity contribution >= 4 is 28.4 Å². The van der Waals surface area contributed by atoms with Crippen LogP contribution in [0, 0.1) is 13.8 Å². The van der Waals surface area contributed by atoms with Crippen LogP contribution >= 0.6 is 0 Å². The van der Waals surface area contributed by atoms with Gasteiger partial charge in [0, 0.05) is 34.1 Å². The Labute approximate surface area is 308 Å². The molecule has 2 heteroatoms. The number of rotatable bonds is 9. The maximum absolute atomic E-state index is 2.39. The van der Waals surface area contributed by atoms with Crippen LogP contribution in [0.2, 0.25) is 0 Å². The molecule has 0 aromatic heterocycles. The molecule has 0 saturated carbocycles. The molecule has 0 spiro atoms. The van der Waals surface area contributed by atoms with E-state index in [2.05, 4.69) is 218 Å². The highest BCUT2D eigenvalue weighted by Gasteiger charge is 2.18. The fourth-order valence-corrected chi connectivity index (χ4v) is 7.36. The highest BCUT2D eigenvalue weighted by molar-refractivity contribution is 5.87. The second-order valence-electron chi connectivity index (χ2n) is 13.4. The average molecular weight is 671 g/mol. The first-order valence-corrected chi connectivity index (χ1v) is 18.2. The van der Waals surface area contributed by atoms with Gasteiger partial charge >= 0.3 is 0 Å². The lowest BCUT2D eigenvalue weighted by Gasteiger charge is -2.29. The Balaban J connectivity index is 1.21. The lowest BCUT2D eigenvalue weighted by Crippen LogP contribution is -2.17. The highest BCUT2D eigenvalue weighted by atomic mass is 15.1. The van der Waals surface area contributed by atoms with Crippen LogP contribution in [0.1, 0.15) is 24.0 Å². The largest absolute Gasteiger partial charge is 0.314 e. The molecule has 0 bridgehead atoms. The summed E-state index contributed by atoms with van der Waals surface area (Å²) in [4.78, 5) is 4.70. The minimum absolute atomic E-state index is 1.02.